The van der Waals surface area contributed by atoms with E-state index in [1.54, 1.807) is 0 Å². The molecular weight excluding hydrogens is 252 g/mol. The van der Waals surface area contributed by atoms with E-state index in [0.29, 0.717) is 18.3 Å². The van der Waals surface area contributed by atoms with Crippen LogP contribution < -0.4 is 10.5 Å². The van der Waals surface area contributed by atoms with Gasteiger partial charge < -0.3 is 15.2 Å². The predicted octanol–water partition coefficient (Wildman–Crippen LogP) is 3.00. The molecule has 1 fully saturated rings. The monoisotopic (exact) mass is 278 g/mol. The minimum atomic E-state index is 0.175. The lowest BCUT2D eigenvalue weighted by Crippen LogP contribution is -2.35. The van der Waals surface area contributed by atoms with E-state index in [9.17, 15) is 0 Å². The molecular formula is C16H26N2O2. The Balaban J connectivity index is 2.13. The van der Waals surface area contributed by atoms with Crippen molar-refractivity contribution in [1.82, 2.24) is 4.98 Å². The highest BCUT2D eigenvalue weighted by molar-refractivity contribution is 5.26. The maximum absolute atomic E-state index is 6.08. The number of rotatable bonds is 4. The van der Waals surface area contributed by atoms with Crippen molar-refractivity contribution in [3.05, 3.63) is 23.4 Å². The standard InChI is InChI=1S/C16H26N2O2/c1-10(2)15-7-13(9-17)8-16(18-15)20-14-5-11(3)19-12(4)6-14/h7-8,10-12,14H,5-6,9,17H2,1-4H3. The average Bonchev–Trinajstić information content (AvgIpc) is 2.36. The number of nitrogens with two attached hydrogens (primary N) is 1. The molecule has 4 heteroatoms. The van der Waals surface area contributed by atoms with Gasteiger partial charge >= 0.3 is 0 Å². The van der Waals surface area contributed by atoms with Crippen LogP contribution in [0.3, 0.4) is 0 Å². The minimum absolute atomic E-state index is 0.175. The van der Waals surface area contributed by atoms with Gasteiger partial charge in [0.2, 0.25) is 5.88 Å². The first-order valence-electron chi connectivity index (χ1n) is 7.51. The fraction of sp³-hybridized carbons (Fsp3) is 0.688. The highest BCUT2D eigenvalue weighted by Crippen LogP contribution is 2.25. The lowest BCUT2D eigenvalue weighted by molar-refractivity contribution is -0.0730. The Labute approximate surface area is 121 Å². The van der Waals surface area contributed by atoms with Crippen molar-refractivity contribution in [2.45, 2.75) is 71.3 Å². The van der Waals surface area contributed by atoms with E-state index in [0.717, 1.165) is 24.1 Å². The first-order valence-corrected chi connectivity index (χ1v) is 7.51. The number of aromatic nitrogens is 1. The van der Waals surface area contributed by atoms with E-state index in [1.165, 1.54) is 0 Å². The molecule has 4 nitrogen and oxygen atoms in total. The van der Waals surface area contributed by atoms with Crippen molar-refractivity contribution < 1.29 is 9.47 Å². The second-order valence-electron chi connectivity index (χ2n) is 6.07. The predicted molar refractivity (Wildman–Crippen MR) is 79.9 cm³/mol. The van der Waals surface area contributed by atoms with Crippen LogP contribution in [-0.2, 0) is 11.3 Å². The summed E-state index contributed by atoms with van der Waals surface area (Å²) in [6.07, 6.45) is 2.48. The summed E-state index contributed by atoms with van der Waals surface area (Å²) < 4.78 is 11.8. The van der Waals surface area contributed by atoms with Crippen LogP contribution in [0.1, 0.15) is 57.7 Å². The quantitative estimate of drug-likeness (QED) is 0.920. The molecule has 1 aromatic rings. The van der Waals surface area contributed by atoms with E-state index in [1.807, 2.05) is 6.07 Å². The Hall–Kier alpha value is -1.13. The maximum Gasteiger partial charge on any atom is 0.214 e. The van der Waals surface area contributed by atoms with E-state index in [-0.39, 0.29) is 18.3 Å². The van der Waals surface area contributed by atoms with E-state index in [4.69, 9.17) is 15.2 Å². The molecule has 0 radical (unpaired) electrons. The van der Waals surface area contributed by atoms with Crippen LogP contribution in [0, 0.1) is 0 Å². The van der Waals surface area contributed by atoms with Crippen LogP contribution in [0.2, 0.25) is 0 Å². The largest absolute Gasteiger partial charge is 0.474 e. The Morgan fingerprint density at radius 1 is 1.30 bits per heavy atom. The first kappa shape index (κ1) is 15.3. The number of ether oxygens (including phenoxy) is 2. The molecule has 1 saturated heterocycles. The van der Waals surface area contributed by atoms with Crippen LogP contribution in [0.25, 0.3) is 0 Å². The minimum Gasteiger partial charge on any atom is -0.474 e. The van der Waals surface area contributed by atoms with Gasteiger partial charge in [0.05, 0.1) is 12.2 Å². The van der Waals surface area contributed by atoms with Crippen molar-refractivity contribution in [1.29, 1.82) is 0 Å². The second kappa shape index (κ2) is 6.55. The van der Waals surface area contributed by atoms with Gasteiger partial charge in [-0.3, -0.25) is 0 Å². The van der Waals surface area contributed by atoms with Gasteiger partial charge in [0.25, 0.3) is 0 Å². The Morgan fingerprint density at radius 3 is 2.50 bits per heavy atom. The third kappa shape index (κ3) is 3.93. The molecule has 2 heterocycles. The average molecular weight is 278 g/mol. The molecule has 0 saturated carbocycles. The normalized spacial score (nSPS) is 26.8. The zero-order valence-electron chi connectivity index (χ0n) is 12.9. The topological polar surface area (TPSA) is 57.4 Å². The smallest absolute Gasteiger partial charge is 0.214 e. The summed E-state index contributed by atoms with van der Waals surface area (Å²) in [4.78, 5) is 4.61. The third-order valence-electron chi connectivity index (χ3n) is 3.65. The van der Waals surface area contributed by atoms with Gasteiger partial charge in [-0.2, -0.15) is 0 Å². The maximum atomic E-state index is 6.08. The molecule has 112 valence electrons. The molecule has 1 aliphatic rings. The Morgan fingerprint density at radius 2 is 1.95 bits per heavy atom. The fourth-order valence-electron chi connectivity index (χ4n) is 2.67. The molecule has 2 N–H and O–H groups in total. The van der Waals surface area contributed by atoms with Crippen LogP contribution in [0.15, 0.2) is 12.1 Å². The molecule has 2 rings (SSSR count). The van der Waals surface area contributed by atoms with Crippen molar-refractivity contribution in [2.24, 2.45) is 5.73 Å². The lowest BCUT2D eigenvalue weighted by Gasteiger charge is -2.32. The second-order valence-corrected chi connectivity index (χ2v) is 6.07. The third-order valence-corrected chi connectivity index (χ3v) is 3.65. The van der Waals surface area contributed by atoms with Crippen molar-refractivity contribution >= 4 is 0 Å². The molecule has 0 amide bonds. The fourth-order valence-corrected chi connectivity index (χ4v) is 2.67. The summed E-state index contributed by atoms with van der Waals surface area (Å²) in [5.74, 6) is 1.07. The summed E-state index contributed by atoms with van der Waals surface area (Å²) in [6.45, 7) is 8.96. The highest BCUT2D eigenvalue weighted by atomic mass is 16.5. The van der Waals surface area contributed by atoms with Crippen molar-refractivity contribution in [2.75, 3.05) is 0 Å². The van der Waals surface area contributed by atoms with Crippen molar-refractivity contribution in [3.63, 3.8) is 0 Å². The summed E-state index contributed by atoms with van der Waals surface area (Å²) in [5, 5.41) is 0. The zero-order valence-corrected chi connectivity index (χ0v) is 12.9. The summed E-state index contributed by atoms with van der Waals surface area (Å²) in [5.41, 5.74) is 7.88. The van der Waals surface area contributed by atoms with Crippen LogP contribution in [-0.4, -0.2) is 23.3 Å². The number of hydrogen-bond donors (Lipinski definition) is 1. The van der Waals surface area contributed by atoms with Gasteiger partial charge in [-0.25, -0.2) is 4.98 Å². The molecule has 0 aromatic carbocycles. The molecule has 2 atom stereocenters. The van der Waals surface area contributed by atoms with E-state index >= 15 is 0 Å². The SMILES string of the molecule is CC1CC(Oc2cc(CN)cc(C(C)C)n2)CC(C)O1. The van der Waals surface area contributed by atoms with Gasteiger partial charge in [-0.1, -0.05) is 13.8 Å². The number of nitrogens with zero attached hydrogens (tertiary/aromatic N) is 1. The molecule has 1 aliphatic heterocycles. The van der Waals surface area contributed by atoms with E-state index in [2.05, 4.69) is 38.7 Å². The number of hydrogen-bond acceptors (Lipinski definition) is 4. The van der Waals surface area contributed by atoms with Gasteiger partial charge in [-0.15, -0.1) is 0 Å². The van der Waals surface area contributed by atoms with Crippen molar-refractivity contribution in [3.8, 4) is 5.88 Å². The van der Waals surface area contributed by atoms with E-state index < -0.39 is 0 Å². The van der Waals surface area contributed by atoms with Gasteiger partial charge in [-0.05, 0) is 31.4 Å². The molecule has 1 aromatic heterocycles. The number of pyridine rings is 1. The van der Waals surface area contributed by atoms with Crippen LogP contribution in [0.5, 0.6) is 5.88 Å². The lowest BCUT2D eigenvalue weighted by atomic mass is 10.0. The first-order chi connectivity index (χ1) is 9.47. The zero-order chi connectivity index (χ0) is 14.7. The van der Waals surface area contributed by atoms with Gasteiger partial charge in [0.15, 0.2) is 0 Å². The summed E-state index contributed by atoms with van der Waals surface area (Å²) >= 11 is 0. The highest BCUT2D eigenvalue weighted by Gasteiger charge is 2.26. The molecule has 0 bridgehead atoms. The van der Waals surface area contributed by atoms with Crippen LogP contribution in [0.4, 0.5) is 0 Å². The summed E-state index contributed by atoms with van der Waals surface area (Å²) in [7, 11) is 0. The Kier molecular flexibility index (Phi) is 5.00. The van der Waals surface area contributed by atoms with Crippen LogP contribution >= 0.6 is 0 Å². The molecule has 2 unspecified atom stereocenters. The molecule has 20 heavy (non-hydrogen) atoms. The Bertz CT molecular complexity index is 438. The molecule has 0 aliphatic carbocycles. The van der Waals surface area contributed by atoms with Gasteiger partial charge in [0, 0.05) is 31.1 Å². The molecule has 0 spiro atoms. The van der Waals surface area contributed by atoms with Gasteiger partial charge in [0.1, 0.15) is 6.10 Å². The summed E-state index contributed by atoms with van der Waals surface area (Å²) in [6, 6.07) is 4.02.